The standard InChI is InChI=1S/C15H16O4/c1-16-13-5-3-4-10-8-14(17-2)12(9-11(10)13)15-18-6-7-19-15/h3-5,8-9,15H,6-7H2,1-2H3. The summed E-state index contributed by atoms with van der Waals surface area (Å²) in [4.78, 5) is 0. The molecule has 0 saturated carbocycles. The third-order valence-corrected chi connectivity index (χ3v) is 3.29. The van der Waals surface area contributed by atoms with Crippen molar-refractivity contribution in [3.63, 3.8) is 0 Å². The minimum absolute atomic E-state index is 0.357. The minimum Gasteiger partial charge on any atom is -0.496 e. The van der Waals surface area contributed by atoms with Crippen molar-refractivity contribution < 1.29 is 18.9 Å². The van der Waals surface area contributed by atoms with Crippen LogP contribution >= 0.6 is 0 Å². The third-order valence-electron chi connectivity index (χ3n) is 3.29. The summed E-state index contributed by atoms with van der Waals surface area (Å²) in [7, 11) is 3.32. The van der Waals surface area contributed by atoms with Crippen LogP contribution in [0.25, 0.3) is 10.8 Å². The molecule has 1 saturated heterocycles. The summed E-state index contributed by atoms with van der Waals surface area (Å²) in [6, 6.07) is 9.93. The molecule has 0 spiro atoms. The minimum atomic E-state index is -0.357. The second kappa shape index (κ2) is 5.07. The summed E-state index contributed by atoms with van der Waals surface area (Å²) in [6.07, 6.45) is -0.357. The van der Waals surface area contributed by atoms with Crippen LogP contribution in [-0.4, -0.2) is 27.4 Å². The fourth-order valence-corrected chi connectivity index (χ4v) is 2.37. The Morgan fingerprint density at radius 2 is 1.74 bits per heavy atom. The molecule has 0 unspecified atom stereocenters. The molecule has 2 aromatic rings. The van der Waals surface area contributed by atoms with Gasteiger partial charge < -0.3 is 18.9 Å². The van der Waals surface area contributed by atoms with Gasteiger partial charge in [0.1, 0.15) is 11.5 Å². The van der Waals surface area contributed by atoms with Crippen LogP contribution in [0, 0.1) is 0 Å². The molecule has 1 aliphatic rings. The predicted octanol–water partition coefficient (Wildman–Crippen LogP) is 2.90. The SMILES string of the molecule is COc1cc2cccc(OC)c2cc1C1OCCO1. The van der Waals surface area contributed by atoms with Gasteiger partial charge in [0.15, 0.2) is 6.29 Å². The summed E-state index contributed by atoms with van der Waals surface area (Å²) < 4.78 is 22.0. The number of ether oxygens (including phenoxy) is 4. The maximum atomic E-state index is 5.56. The number of hydrogen-bond acceptors (Lipinski definition) is 4. The fraction of sp³-hybridized carbons (Fsp3) is 0.333. The molecule has 4 heteroatoms. The molecule has 0 aromatic heterocycles. The van der Waals surface area contributed by atoms with Gasteiger partial charge >= 0.3 is 0 Å². The molecule has 100 valence electrons. The lowest BCUT2D eigenvalue weighted by atomic mass is 10.0. The van der Waals surface area contributed by atoms with E-state index < -0.39 is 0 Å². The highest BCUT2D eigenvalue weighted by molar-refractivity contribution is 5.90. The second-order valence-corrected chi connectivity index (χ2v) is 4.35. The van der Waals surface area contributed by atoms with Gasteiger partial charge in [-0.3, -0.25) is 0 Å². The molecule has 1 heterocycles. The van der Waals surface area contributed by atoms with Crippen molar-refractivity contribution in [3.05, 3.63) is 35.9 Å². The zero-order valence-corrected chi connectivity index (χ0v) is 11.0. The Hall–Kier alpha value is -1.78. The van der Waals surface area contributed by atoms with E-state index in [0.29, 0.717) is 13.2 Å². The summed E-state index contributed by atoms with van der Waals surface area (Å²) in [5.74, 6) is 1.60. The first kappa shape index (κ1) is 12.3. The van der Waals surface area contributed by atoms with Gasteiger partial charge in [0.2, 0.25) is 0 Å². The Morgan fingerprint density at radius 1 is 1.00 bits per heavy atom. The molecule has 0 radical (unpaired) electrons. The molecule has 2 aromatic carbocycles. The van der Waals surface area contributed by atoms with E-state index in [1.807, 2.05) is 30.3 Å². The molecule has 0 N–H and O–H groups in total. The van der Waals surface area contributed by atoms with E-state index in [0.717, 1.165) is 27.8 Å². The Bertz CT molecular complexity index is 588. The monoisotopic (exact) mass is 260 g/mol. The van der Waals surface area contributed by atoms with Gasteiger partial charge in [-0.25, -0.2) is 0 Å². The molecule has 0 bridgehead atoms. The van der Waals surface area contributed by atoms with Crippen LogP contribution in [0.5, 0.6) is 11.5 Å². The van der Waals surface area contributed by atoms with E-state index in [2.05, 4.69) is 0 Å². The average molecular weight is 260 g/mol. The second-order valence-electron chi connectivity index (χ2n) is 4.35. The van der Waals surface area contributed by atoms with Gasteiger partial charge in [0.25, 0.3) is 0 Å². The topological polar surface area (TPSA) is 36.9 Å². The van der Waals surface area contributed by atoms with Gasteiger partial charge in [-0.1, -0.05) is 12.1 Å². The molecule has 19 heavy (non-hydrogen) atoms. The van der Waals surface area contributed by atoms with E-state index in [9.17, 15) is 0 Å². The smallest absolute Gasteiger partial charge is 0.187 e. The zero-order chi connectivity index (χ0) is 13.2. The molecule has 3 rings (SSSR count). The van der Waals surface area contributed by atoms with E-state index in [1.165, 1.54) is 0 Å². The zero-order valence-electron chi connectivity index (χ0n) is 11.0. The number of rotatable bonds is 3. The fourth-order valence-electron chi connectivity index (χ4n) is 2.37. The Labute approximate surface area is 111 Å². The van der Waals surface area contributed by atoms with E-state index in [1.54, 1.807) is 14.2 Å². The van der Waals surface area contributed by atoms with E-state index >= 15 is 0 Å². The highest BCUT2D eigenvalue weighted by Crippen LogP contribution is 2.37. The maximum absolute atomic E-state index is 5.56. The van der Waals surface area contributed by atoms with Crippen molar-refractivity contribution in [1.29, 1.82) is 0 Å². The summed E-state index contributed by atoms with van der Waals surface area (Å²) in [5.41, 5.74) is 0.900. The van der Waals surface area contributed by atoms with E-state index in [4.69, 9.17) is 18.9 Å². The summed E-state index contributed by atoms with van der Waals surface area (Å²) >= 11 is 0. The van der Waals surface area contributed by atoms with Crippen LogP contribution in [0.3, 0.4) is 0 Å². The quantitative estimate of drug-likeness (QED) is 0.850. The van der Waals surface area contributed by atoms with Crippen molar-refractivity contribution >= 4 is 10.8 Å². The number of fused-ring (bicyclic) bond motifs is 1. The third kappa shape index (κ3) is 2.13. The molecular weight excluding hydrogens is 244 g/mol. The Balaban J connectivity index is 2.18. The van der Waals surface area contributed by atoms with Crippen molar-refractivity contribution in [1.82, 2.24) is 0 Å². The molecule has 1 fully saturated rings. The normalized spacial score (nSPS) is 15.9. The van der Waals surface area contributed by atoms with E-state index in [-0.39, 0.29) is 6.29 Å². The van der Waals surface area contributed by atoms with Crippen molar-refractivity contribution in [2.24, 2.45) is 0 Å². The van der Waals surface area contributed by atoms with Crippen LogP contribution in [-0.2, 0) is 9.47 Å². The molecule has 1 aliphatic heterocycles. The van der Waals surface area contributed by atoms with Gasteiger partial charge in [0, 0.05) is 5.39 Å². The molecule has 0 aliphatic carbocycles. The predicted molar refractivity (Wildman–Crippen MR) is 71.7 cm³/mol. The van der Waals surface area contributed by atoms with Gasteiger partial charge in [-0.2, -0.15) is 0 Å². The number of methoxy groups -OCH3 is 2. The van der Waals surface area contributed by atoms with Crippen LogP contribution in [0.15, 0.2) is 30.3 Å². The van der Waals surface area contributed by atoms with Gasteiger partial charge in [0.05, 0.1) is 33.0 Å². The molecule has 4 nitrogen and oxygen atoms in total. The van der Waals surface area contributed by atoms with Gasteiger partial charge in [-0.15, -0.1) is 0 Å². The molecular formula is C15H16O4. The Kier molecular flexibility index (Phi) is 3.27. The lowest BCUT2D eigenvalue weighted by Gasteiger charge is -2.16. The lowest BCUT2D eigenvalue weighted by Crippen LogP contribution is -2.01. The Morgan fingerprint density at radius 3 is 2.42 bits per heavy atom. The van der Waals surface area contributed by atoms with Gasteiger partial charge in [-0.05, 0) is 23.6 Å². The number of benzene rings is 2. The van der Waals surface area contributed by atoms with Crippen molar-refractivity contribution in [2.45, 2.75) is 6.29 Å². The van der Waals surface area contributed by atoms with Crippen LogP contribution < -0.4 is 9.47 Å². The molecule has 0 atom stereocenters. The van der Waals surface area contributed by atoms with Crippen LogP contribution in [0.2, 0.25) is 0 Å². The van der Waals surface area contributed by atoms with Crippen LogP contribution in [0.1, 0.15) is 11.9 Å². The van der Waals surface area contributed by atoms with Crippen LogP contribution in [0.4, 0.5) is 0 Å². The summed E-state index contributed by atoms with van der Waals surface area (Å²) in [6.45, 7) is 1.22. The average Bonchev–Trinajstić information content (AvgIpc) is 2.99. The first-order valence-corrected chi connectivity index (χ1v) is 6.21. The first-order valence-electron chi connectivity index (χ1n) is 6.21. The molecule has 0 amide bonds. The highest BCUT2D eigenvalue weighted by atomic mass is 16.7. The highest BCUT2D eigenvalue weighted by Gasteiger charge is 2.23. The lowest BCUT2D eigenvalue weighted by molar-refractivity contribution is -0.0453. The largest absolute Gasteiger partial charge is 0.496 e. The van der Waals surface area contributed by atoms with Crippen molar-refractivity contribution in [3.8, 4) is 11.5 Å². The maximum Gasteiger partial charge on any atom is 0.187 e. The van der Waals surface area contributed by atoms with Crippen molar-refractivity contribution in [2.75, 3.05) is 27.4 Å². The first-order chi connectivity index (χ1) is 9.33. The number of hydrogen-bond donors (Lipinski definition) is 0. The summed E-state index contributed by atoms with van der Waals surface area (Å²) in [5, 5.41) is 2.10.